The average Bonchev–Trinajstić information content (AvgIpc) is 2.62. The fourth-order valence-corrected chi connectivity index (χ4v) is 3.14. The van der Waals surface area contributed by atoms with E-state index in [0.29, 0.717) is 13.7 Å². The van der Waals surface area contributed by atoms with E-state index in [1.54, 1.807) is 0 Å². The Morgan fingerprint density at radius 1 is 1.35 bits per heavy atom. The van der Waals surface area contributed by atoms with Crippen molar-refractivity contribution < 1.29 is 9.18 Å². The fourth-order valence-electron chi connectivity index (χ4n) is 1.27. The van der Waals surface area contributed by atoms with Crippen LogP contribution < -0.4 is 0 Å². The Bertz CT molecular complexity index is 578. The van der Waals surface area contributed by atoms with Crippen LogP contribution in [0.15, 0.2) is 28.1 Å². The topological polar surface area (TPSA) is 17.1 Å². The lowest BCUT2D eigenvalue weighted by Gasteiger charge is -2.01. The summed E-state index contributed by atoms with van der Waals surface area (Å²) in [6, 6.07) is 5.66. The smallest absolute Gasteiger partial charge is 0.204 e. The van der Waals surface area contributed by atoms with Gasteiger partial charge < -0.3 is 0 Å². The molecule has 1 nitrogen and oxygen atoms in total. The minimum Gasteiger partial charge on any atom is -0.288 e. The lowest BCUT2D eigenvalue weighted by atomic mass is 10.1. The summed E-state index contributed by atoms with van der Waals surface area (Å²) in [5, 5.41) is 0.282. The molecular weight excluding hydrogens is 350 g/mol. The molecule has 6 heteroatoms. The van der Waals surface area contributed by atoms with Gasteiger partial charge in [-0.1, -0.05) is 29.3 Å². The van der Waals surface area contributed by atoms with Crippen molar-refractivity contribution in [3.8, 4) is 0 Å². The quantitative estimate of drug-likeness (QED) is 0.679. The third-order valence-electron chi connectivity index (χ3n) is 2.07. The van der Waals surface area contributed by atoms with Crippen LogP contribution in [-0.4, -0.2) is 5.78 Å². The monoisotopic (exact) mass is 352 g/mol. The number of rotatable bonds is 2. The molecule has 0 amide bonds. The van der Waals surface area contributed by atoms with Crippen LogP contribution in [0.5, 0.6) is 0 Å². The molecule has 0 aliphatic carbocycles. The van der Waals surface area contributed by atoms with Crippen LogP contribution >= 0.6 is 50.5 Å². The van der Waals surface area contributed by atoms with Gasteiger partial charge in [0.15, 0.2) is 0 Å². The Labute approximate surface area is 119 Å². The molecule has 0 radical (unpaired) electrons. The van der Waals surface area contributed by atoms with E-state index in [-0.39, 0.29) is 16.4 Å². The van der Waals surface area contributed by atoms with Crippen molar-refractivity contribution in [2.45, 2.75) is 0 Å². The highest BCUT2D eigenvalue weighted by molar-refractivity contribution is 9.11. The van der Waals surface area contributed by atoms with Crippen LogP contribution in [0.25, 0.3) is 0 Å². The van der Waals surface area contributed by atoms with E-state index in [9.17, 15) is 9.18 Å². The van der Waals surface area contributed by atoms with Gasteiger partial charge in [0.2, 0.25) is 5.78 Å². The molecule has 0 saturated heterocycles. The van der Waals surface area contributed by atoms with Crippen molar-refractivity contribution in [1.29, 1.82) is 0 Å². The largest absolute Gasteiger partial charge is 0.288 e. The van der Waals surface area contributed by atoms with Gasteiger partial charge in [-0.25, -0.2) is 4.39 Å². The van der Waals surface area contributed by atoms with Gasteiger partial charge in [0.1, 0.15) is 5.82 Å². The third kappa shape index (κ3) is 2.55. The maximum Gasteiger partial charge on any atom is 0.204 e. The predicted molar refractivity (Wildman–Crippen MR) is 71.9 cm³/mol. The van der Waals surface area contributed by atoms with Gasteiger partial charge in [-0.15, -0.1) is 11.3 Å². The van der Waals surface area contributed by atoms with Crippen molar-refractivity contribution in [3.63, 3.8) is 0 Å². The van der Waals surface area contributed by atoms with E-state index >= 15 is 0 Å². The first kappa shape index (κ1) is 13.0. The molecule has 0 spiro atoms. The molecule has 0 aliphatic rings. The van der Waals surface area contributed by atoms with Crippen molar-refractivity contribution >= 4 is 56.3 Å². The average molecular weight is 354 g/mol. The Kier molecular flexibility index (Phi) is 3.88. The highest BCUT2D eigenvalue weighted by Crippen LogP contribution is 2.34. The van der Waals surface area contributed by atoms with Crippen molar-refractivity contribution in [3.05, 3.63) is 54.4 Å². The summed E-state index contributed by atoms with van der Waals surface area (Å²) >= 11 is 16.0. The number of thiophene rings is 1. The third-order valence-corrected chi connectivity index (χ3v) is 4.92. The van der Waals surface area contributed by atoms with Crippen LogP contribution in [0.4, 0.5) is 4.39 Å². The van der Waals surface area contributed by atoms with E-state index < -0.39 is 5.82 Å². The molecule has 1 aromatic carbocycles. The zero-order valence-electron chi connectivity index (χ0n) is 8.14. The second kappa shape index (κ2) is 5.06. The van der Waals surface area contributed by atoms with Gasteiger partial charge in [-0.3, -0.25) is 4.79 Å². The molecule has 1 aromatic heterocycles. The molecule has 88 valence electrons. The Hall–Kier alpha value is -0.420. The molecule has 0 aliphatic heterocycles. The molecule has 0 fully saturated rings. The number of hydrogen-bond acceptors (Lipinski definition) is 2. The molecule has 2 rings (SSSR count). The standard InChI is InChI=1S/C11H4BrCl2FOS/c12-11-6(13)4-8(17-11)10(16)5-2-1-3-7(15)9(5)14/h1-4H. The minimum atomic E-state index is -0.612. The van der Waals surface area contributed by atoms with E-state index in [1.165, 1.54) is 35.6 Å². The molecule has 17 heavy (non-hydrogen) atoms. The molecule has 0 saturated carbocycles. The predicted octanol–water partition coefficient (Wildman–Crippen LogP) is 5.19. The highest BCUT2D eigenvalue weighted by Gasteiger charge is 2.18. The second-order valence-electron chi connectivity index (χ2n) is 3.16. The first-order valence-electron chi connectivity index (χ1n) is 4.44. The second-order valence-corrected chi connectivity index (χ2v) is 6.32. The highest BCUT2D eigenvalue weighted by atomic mass is 79.9. The van der Waals surface area contributed by atoms with Gasteiger partial charge in [0, 0.05) is 5.56 Å². The van der Waals surface area contributed by atoms with Gasteiger partial charge in [-0.2, -0.15) is 0 Å². The summed E-state index contributed by atoms with van der Waals surface area (Å²) in [6.45, 7) is 0. The molecule has 0 bridgehead atoms. The first-order valence-corrected chi connectivity index (χ1v) is 6.81. The molecule has 0 unspecified atom stereocenters. The van der Waals surface area contributed by atoms with Gasteiger partial charge >= 0.3 is 0 Å². The van der Waals surface area contributed by atoms with E-state index in [4.69, 9.17) is 23.2 Å². The maximum atomic E-state index is 13.2. The Morgan fingerprint density at radius 3 is 2.65 bits per heavy atom. The first-order chi connectivity index (χ1) is 8.00. The maximum absolute atomic E-state index is 13.2. The van der Waals surface area contributed by atoms with Gasteiger partial charge in [-0.05, 0) is 34.1 Å². The summed E-state index contributed by atoms with van der Waals surface area (Å²) in [5.74, 6) is -0.952. The molecular formula is C11H4BrCl2FOS. The molecule has 0 N–H and O–H groups in total. The molecule has 0 atom stereocenters. The van der Waals surface area contributed by atoms with Crippen LogP contribution in [0, 0.1) is 5.82 Å². The fraction of sp³-hybridized carbons (Fsp3) is 0. The number of halogens is 4. The zero-order valence-corrected chi connectivity index (χ0v) is 12.1. The summed E-state index contributed by atoms with van der Waals surface area (Å²) in [6.07, 6.45) is 0. The van der Waals surface area contributed by atoms with E-state index in [1.807, 2.05) is 0 Å². The van der Waals surface area contributed by atoms with Crippen molar-refractivity contribution in [1.82, 2.24) is 0 Å². The molecule has 2 aromatic rings. The summed E-state index contributed by atoms with van der Waals surface area (Å²) in [5.41, 5.74) is 0.136. The summed E-state index contributed by atoms with van der Waals surface area (Å²) in [4.78, 5) is 12.5. The Balaban J connectivity index is 2.47. The molecule has 1 heterocycles. The number of hydrogen-bond donors (Lipinski definition) is 0. The van der Waals surface area contributed by atoms with E-state index in [2.05, 4.69) is 15.9 Å². The summed E-state index contributed by atoms with van der Waals surface area (Å²) < 4.78 is 13.9. The minimum absolute atomic E-state index is 0.136. The number of carbonyl (C=O) groups is 1. The summed E-state index contributed by atoms with van der Waals surface area (Å²) in [7, 11) is 0. The zero-order chi connectivity index (χ0) is 12.6. The van der Waals surface area contributed by atoms with Crippen LogP contribution in [0.3, 0.4) is 0 Å². The van der Waals surface area contributed by atoms with Crippen LogP contribution in [-0.2, 0) is 0 Å². The number of carbonyl (C=O) groups excluding carboxylic acids is 1. The SMILES string of the molecule is O=C(c1cc(Cl)c(Br)s1)c1cccc(F)c1Cl. The van der Waals surface area contributed by atoms with Gasteiger partial charge in [0.05, 0.1) is 18.7 Å². The normalized spacial score (nSPS) is 10.6. The van der Waals surface area contributed by atoms with E-state index in [0.717, 1.165) is 0 Å². The van der Waals surface area contributed by atoms with Gasteiger partial charge in [0.25, 0.3) is 0 Å². The Morgan fingerprint density at radius 2 is 2.06 bits per heavy atom. The lowest BCUT2D eigenvalue weighted by molar-refractivity contribution is 0.104. The number of ketones is 1. The van der Waals surface area contributed by atoms with Crippen molar-refractivity contribution in [2.75, 3.05) is 0 Å². The van der Waals surface area contributed by atoms with Crippen LogP contribution in [0.2, 0.25) is 10.0 Å². The lowest BCUT2D eigenvalue weighted by Crippen LogP contribution is -2.00. The number of benzene rings is 1. The van der Waals surface area contributed by atoms with Crippen LogP contribution in [0.1, 0.15) is 15.2 Å². The van der Waals surface area contributed by atoms with Crippen molar-refractivity contribution in [2.24, 2.45) is 0 Å².